The van der Waals surface area contributed by atoms with Crippen molar-refractivity contribution in [2.45, 2.75) is 38.5 Å². The number of hydrogen-bond acceptors (Lipinski definition) is 5. The molecule has 1 aromatic heterocycles. The third-order valence-electron chi connectivity index (χ3n) is 6.96. The zero-order chi connectivity index (χ0) is 22.8. The smallest absolute Gasteiger partial charge is 0.254 e. The van der Waals surface area contributed by atoms with Crippen LogP contribution in [0, 0.1) is 5.82 Å². The molecule has 6 nitrogen and oxygen atoms in total. The molecule has 0 bridgehead atoms. The summed E-state index contributed by atoms with van der Waals surface area (Å²) in [7, 11) is 0. The number of halogens is 1. The standard InChI is InChI=1S/C26H30FN3O3/c1-2-30-14-10-18-4-6-21(17-23(18)26(30)31)32-15-3-11-29-12-8-19(9-13-29)25-22-7-5-20(27)16-24(22)33-28-25/h4-7,16-17,19H,2-3,8-15H2,1H3. The number of likely N-dealkylation sites (tertiary alicyclic amines) is 1. The van der Waals surface area contributed by atoms with Crippen LogP contribution in [-0.2, 0) is 6.42 Å². The van der Waals surface area contributed by atoms with Crippen molar-refractivity contribution in [3.63, 3.8) is 0 Å². The summed E-state index contributed by atoms with van der Waals surface area (Å²) < 4.78 is 24.7. The number of aromatic nitrogens is 1. The summed E-state index contributed by atoms with van der Waals surface area (Å²) in [6.45, 7) is 7.16. The van der Waals surface area contributed by atoms with Gasteiger partial charge < -0.3 is 19.1 Å². The Labute approximate surface area is 193 Å². The molecule has 3 aromatic rings. The highest BCUT2D eigenvalue weighted by Crippen LogP contribution is 2.33. The number of ether oxygens (including phenoxy) is 1. The molecule has 0 aliphatic carbocycles. The van der Waals surface area contributed by atoms with Gasteiger partial charge in [0.05, 0.1) is 12.3 Å². The minimum absolute atomic E-state index is 0.108. The largest absolute Gasteiger partial charge is 0.494 e. The molecule has 0 spiro atoms. The fraction of sp³-hybridized carbons (Fsp3) is 0.462. The molecule has 174 valence electrons. The van der Waals surface area contributed by atoms with Crippen LogP contribution in [0.25, 0.3) is 11.0 Å². The number of piperidine rings is 1. The molecule has 7 heteroatoms. The van der Waals surface area contributed by atoms with E-state index in [4.69, 9.17) is 9.26 Å². The number of hydrogen-bond donors (Lipinski definition) is 0. The number of amides is 1. The molecule has 0 atom stereocenters. The van der Waals surface area contributed by atoms with Crippen molar-refractivity contribution in [3.8, 4) is 5.75 Å². The van der Waals surface area contributed by atoms with Gasteiger partial charge >= 0.3 is 0 Å². The van der Waals surface area contributed by atoms with Crippen molar-refractivity contribution in [1.82, 2.24) is 15.0 Å². The Morgan fingerprint density at radius 2 is 2.00 bits per heavy atom. The van der Waals surface area contributed by atoms with E-state index in [2.05, 4.69) is 10.1 Å². The van der Waals surface area contributed by atoms with E-state index in [0.29, 0.717) is 18.1 Å². The van der Waals surface area contributed by atoms with Crippen LogP contribution in [0.2, 0.25) is 0 Å². The molecule has 3 heterocycles. The zero-order valence-electron chi connectivity index (χ0n) is 19.1. The van der Waals surface area contributed by atoms with Crippen LogP contribution in [0.15, 0.2) is 40.9 Å². The molecule has 2 aromatic carbocycles. The fourth-order valence-electron chi connectivity index (χ4n) is 5.02. The highest BCUT2D eigenvalue weighted by Gasteiger charge is 2.25. The third kappa shape index (κ3) is 4.60. The second-order valence-electron chi connectivity index (χ2n) is 8.98. The van der Waals surface area contributed by atoms with Gasteiger partial charge in [0, 0.05) is 42.6 Å². The Bertz CT molecular complexity index is 1140. The summed E-state index contributed by atoms with van der Waals surface area (Å²) in [5.74, 6) is 0.928. The van der Waals surface area contributed by atoms with Gasteiger partial charge in [-0.2, -0.15) is 0 Å². The van der Waals surface area contributed by atoms with Crippen LogP contribution in [0.5, 0.6) is 5.75 Å². The number of nitrogens with zero attached hydrogens (tertiary/aromatic N) is 3. The van der Waals surface area contributed by atoms with Gasteiger partial charge in [0.15, 0.2) is 5.58 Å². The molecule has 0 N–H and O–H groups in total. The fourth-order valence-corrected chi connectivity index (χ4v) is 5.02. The molecular formula is C26H30FN3O3. The van der Waals surface area contributed by atoms with Gasteiger partial charge in [0.2, 0.25) is 0 Å². The van der Waals surface area contributed by atoms with E-state index in [1.807, 2.05) is 30.0 Å². The average Bonchev–Trinajstić information content (AvgIpc) is 3.26. The first kappa shape index (κ1) is 21.9. The van der Waals surface area contributed by atoms with E-state index < -0.39 is 0 Å². The van der Waals surface area contributed by atoms with Crippen LogP contribution in [0.4, 0.5) is 4.39 Å². The van der Waals surface area contributed by atoms with Gasteiger partial charge in [0.1, 0.15) is 11.6 Å². The lowest BCUT2D eigenvalue weighted by Crippen LogP contribution is -2.37. The van der Waals surface area contributed by atoms with Crippen molar-refractivity contribution < 1.29 is 18.4 Å². The number of likely N-dealkylation sites (N-methyl/N-ethyl adjacent to an activating group) is 1. The lowest BCUT2D eigenvalue weighted by Gasteiger charge is -2.31. The topological polar surface area (TPSA) is 58.8 Å². The lowest BCUT2D eigenvalue weighted by molar-refractivity contribution is 0.0748. The van der Waals surface area contributed by atoms with Crippen molar-refractivity contribution in [2.24, 2.45) is 0 Å². The maximum atomic E-state index is 13.4. The van der Waals surface area contributed by atoms with Gasteiger partial charge in [-0.15, -0.1) is 0 Å². The monoisotopic (exact) mass is 451 g/mol. The predicted molar refractivity (Wildman–Crippen MR) is 124 cm³/mol. The van der Waals surface area contributed by atoms with E-state index in [9.17, 15) is 9.18 Å². The van der Waals surface area contributed by atoms with Gasteiger partial charge in [-0.1, -0.05) is 11.2 Å². The minimum atomic E-state index is -0.299. The number of rotatable bonds is 7. The summed E-state index contributed by atoms with van der Waals surface area (Å²) in [6, 6.07) is 10.6. The number of carbonyl (C=O) groups excluding carboxylic acids is 1. The Balaban J connectivity index is 1.09. The molecule has 0 radical (unpaired) electrons. The zero-order valence-corrected chi connectivity index (χ0v) is 19.1. The van der Waals surface area contributed by atoms with E-state index in [1.165, 1.54) is 12.1 Å². The molecular weight excluding hydrogens is 421 g/mol. The molecule has 0 saturated carbocycles. The Morgan fingerprint density at radius 3 is 2.82 bits per heavy atom. The van der Waals surface area contributed by atoms with Crippen molar-refractivity contribution >= 4 is 16.9 Å². The molecule has 0 unspecified atom stereocenters. The Kier molecular flexibility index (Phi) is 6.31. The summed E-state index contributed by atoms with van der Waals surface area (Å²) in [5.41, 5.74) is 3.38. The van der Waals surface area contributed by atoms with Crippen LogP contribution < -0.4 is 4.74 Å². The summed E-state index contributed by atoms with van der Waals surface area (Å²) in [6.07, 6.45) is 3.87. The van der Waals surface area contributed by atoms with Gasteiger partial charge in [0.25, 0.3) is 5.91 Å². The van der Waals surface area contributed by atoms with Crippen molar-refractivity contribution in [3.05, 3.63) is 59.0 Å². The highest BCUT2D eigenvalue weighted by molar-refractivity contribution is 5.97. The quantitative estimate of drug-likeness (QED) is 0.490. The second-order valence-corrected chi connectivity index (χ2v) is 8.98. The van der Waals surface area contributed by atoms with E-state index in [1.54, 1.807) is 6.07 Å². The second kappa shape index (κ2) is 9.51. The van der Waals surface area contributed by atoms with Crippen LogP contribution in [0.3, 0.4) is 0 Å². The Hall–Kier alpha value is -2.93. The molecule has 1 saturated heterocycles. The van der Waals surface area contributed by atoms with E-state index in [0.717, 1.165) is 86.4 Å². The third-order valence-corrected chi connectivity index (χ3v) is 6.96. The Morgan fingerprint density at radius 1 is 1.15 bits per heavy atom. The SMILES string of the molecule is CCN1CCc2ccc(OCCCN3CCC(c4noc5cc(F)ccc45)CC3)cc2C1=O. The van der Waals surface area contributed by atoms with E-state index >= 15 is 0 Å². The molecule has 1 fully saturated rings. The summed E-state index contributed by atoms with van der Waals surface area (Å²) >= 11 is 0. The maximum absolute atomic E-state index is 13.4. The first-order valence-electron chi connectivity index (χ1n) is 11.9. The average molecular weight is 452 g/mol. The normalized spacial score (nSPS) is 17.5. The number of carbonyl (C=O) groups is 1. The van der Waals surface area contributed by atoms with Gasteiger partial charge in [-0.05, 0) is 75.5 Å². The first-order chi connectivity index (χ1) is 16.1. The molecule has 2 aliphatic heterocycles. The van der Waals surface area contributed by atoms with Crippen LogP contribution >= 0.6 is 0 Å². The van der Waals surface area contributed by atoms with Crippen molar-refractivity contribution in [1.29, 1.82) is 0 Å². The van der Waals surface area contributed by atoms with Crippen LogP contribution in [-0.4, -0.2) is 60.2 Å². The number of fused-ring (bicyclic) bond motifs is 2. The van der Waals surface area contributed by atoms with Gasteiger partial charge in [-0.3, -0.25) is 4.79 Å². The maximum Gasteiger partial charge on any atom is 0.254 e. The molecule has 1 amide bonds. The number of benzene rings is 2. The summed E-state index contributed by atoms with van der Waals surface area (Å²) in [4.78, 5) is 16.9. The molecule has 5 rings (SSSR count). The lowest BCUT2D eigenvalue weighted by atomic mass is 9.91. The van der Waals surface area contributed by atoms with Gasteiger partial charge in [-0.25, -0.2) is 4.39 Å². The molecule has 33 heavy (non-hydrogen) atoms. The minimum Gasteiger partial charge on any atom is -0.494 e. The van der Waals surface area contributed by atoms with Crippen molar-refractivity contribution in [2.75, 3.05) is 39.3 Å². The first-order valence-corrected chi connectivity index (χ1v) is 11.9. The predicted octanol–water partition coefficient (Wildman–Crippen LogP) is 4.63. The van der Waals surface area contributed by atoms with E-state index in [-0.39, 0.29) is 11.7 Å². The highest BCUT2D eigenvalue weighted by atomic mass is 19.1. The molecule has 2 aliphatic rings. The summed E-state index contributed by atoms with van der Waals surface area (Å²) in [5, 5.41) is 5.16. The van der Waals surface area contributed by atoms with Crippen LogP contribution in [0.1, 0.15) is 53.7 Å².